The number of piperazine rings is 1. The van der Waals surface area contributed by atoms with E-state index in [1.165, 1.54) is 18.4 Å². The third kappa shape index (κ3) is 3.97. The lowest BCUT2D eigenvalue weighted by molar-refractivity contribution is 0.0272. The Bertz CT molecular complexity index is 746. The molecule has 5 nitrogen and oxygen atoms in total. The maximum Gasteiger partial charge on any atom is 0.337 e. The summed E-state index contributed by atoms with van der Waals surface area (Å²) in [4.78, 5) is 29.4. The zero-order valence-corrected chi connectivity index (χ0v) is 16.2. The standard InChI is InChI=1S/C20H24N2O3S/c1-14-11-21(13-16-6-8-17(9-7-16)20(24)25-3)12-15(2)22(14)19(23)18-5-4-10-26-18/h4-10,14-15H,11-13H2,1-3H3/t14-,15+. The molecule has 1 amide bonds. The highest BCUT2D eigenvalue weighted by Crippen LogP contribution is 2.22. The van der Waals surface area contributed by atoms with Crippen LogP contribution in [-0.2, 0) is 11.3 Å². The number of rotatable bonds is 4. The highest BCUT2D eigenvalue weighted by atomic mass is 32.1. The van der Waals surface area contributed by atoms with Crippen LogP contribution in [0, 0.1) is 0 Å². The van der Waals surface area contributed by atoms with Gasteiger partial charge in [-0.05, 0) is 43.0 Å². The van der Waals surface area contributed by atoms with Crippen LogP contribution >= 0.6 is 11.3 Å². The van der Waals surface area contributed by atoms with Gasteiger partial charge >= 0.3 is 5.97 Å². The van der Waals surface area contributed by atoms with Crippen molar-refractivity contribution in [2.75, 3.05) is 20.2 Å². The molecule has 1 aromatic carbocycles. The molecule has 2 heterocycles. The third-order valence-electron chi connectivity index (χ3n) is 4.74. The number of nitrogens with zero attached hydrogens (tertiary/aromatic N) is 2. The van der Waals surface area contributed by atoms with E-state index in [9.17, 15) is 9.59 Å². The molecule has 2 atom stereocenters. The van der Waals surface area contributed by atoms with Crippen LogP contribution in [0.25, 0.3) is 0 Å². The van der Waals surface area contributed by atoms with E-state index >= 15 is 0 Å². The zero-order valence-electron chi connectivity index (χ0n) is 15.3. The van der Waals surface area contributed by atoms with Crippen LogP contribution in [0.1, 0.15) is 39.4 Å². The Morgan fingerprint density at radius 2 is 1.77 bits per heavy atom. The van der Waals surface area contributed by atoms with Crippen molar-refractivity contribution in [2.45, 2.75) is 32.5 Å². The number of thiophene rings is 1. The van der Waals surface area contributed by atoms with E-state index in [1.54, 1.807) is 12.1 Å². The Morgan fingerprint density at radius 1 is 1.12 bits per heavy atom. The second-order valence-corrected chi connectivity index (χ2v) is 7.72. The molecular formula is C20H24N2O3S. The molecule has 0 aliphatic carbocycles. The summed E-state index contributed by atoms with van der Waals surface area (Å²) in [5.41, 5.74) is 1.71. The number of ether oxygens (including phenoxy) is 1. The summed E-state index contributed by atoms with van der Waals surface area (Å²) in [6.07, 6.45) is 0. The fourth-order valence-electron chi connectivity index (χ4n) is 3.61. The molecule has 1 aromatic heterocycles. The highest BCUT2D eigenvalue weighted by molar-refractivity contribution is 7.12. The van der Waals surface area contributed by atoms with Crippen LogP contribution in [0.5, 0.6) is 0 Å². The fourth-order valence-corrected chi connectivity index (χ4v) is 4.28. The molecule has 3 rings (SSSR count). The normalized spacial score (nSPS) is 20.8. The highest BCUT2D eigenvalue weighted by Gasteiger charge is 2.33. The molecule has 1 fully saturated rings. The van der Waals surface area contributed by atoms with Gasteiger partial charge in [0.15, 0.2) is 0 Å². The predicted octanol–water partition coefficient (Wildman–Crippen LogP) is 3.27. The minimum atomic E-state index is -0.320. The van der Waals surface area contributed by atoms with E-state index in [0.29, 0.717) is 5.56 Å². The molecule has 1 saturated heterocycles. The number of esters is 1. The molecule has 0 saturated carbocycles. The molecule has 0 spiro atoms. The van der Waals surface area contributed by atoms with Gasteiger partial charge in [0.2, 0.25) is 0 Å². The average Bonchev–Trinajstić information content (AvgIpc) is 3.15. The van der Waals surface area contributed by atoms with Crippen molar-refractivity contribution in [3.63, 3.8) is 0 Å². The van der Waals surface area contributed by atoms with Gasteiger partial charge in [0.25, 0.3) is 5.91 Å². The van der Waals surface area contributed by atoms with Crippen LogP contribution in [0.3, 0.4) is 0 Å². The van der Waals surface area contributed by atoms with E-state index in [4.69, 9.17) is 4.74 Å². The van der Waals surface area contributed by atoms with Crippen LogP contribution in [-0.4, -0.2) is 54.0 Å². The molecule has 138 valence electrons. The quantitative estimate of drug-likeness (QED) is 0.773. The van der Waals surface area contributed by atoms with E-state index < -0.39 is 0 Å². The minimum Gasteiger partial charge on any atom is -0.465 e. The number of hydrogen-bond acceptors (Lipinski definition) is 5. The van der Waals surface area contributed by atoms with Crippen molar-refractivity contribution in [1.29, 1.82) is 0 Å². The number of amides is 1. The molecular weight excluding hydrogens is 348 g/mol. The second-order valence-electron chi connectivity index (χ2n) is 6.77. The van der Waals surface area contributed by atoms with E-state index in [1.807, 2.05) is 34.5 Å². The van der Waals surface area contributed by atoms with Crippen molar-refractivity contribution in [1.82, 2.24) is 9.80 Å². The number of carbonyl (C=O) groups is 2. The average molecular weight is 372 g/mol. The summed E-state index contributed by atoms with van der Waals surface area (Å²) in [6, 6.07) is 11.6. The van der Waals surface area contributed by atoms with Gasteiger partial charge in [0.05, 0.1) is 17.6 Å². The molecule has 1 aliphatic heterocycles. The summed E-state index contributed by atoms with van der Waals surface area (Å²) in [5.74, 6) is -0.193. The van der Waals surface area contributed by atoms with Gasteiger partial charge < -0.3 is 9.64 Å². The molecule has 0 unspecified atom stereocenters. The topological polar surface area (TPSA) is 49.9 Å². The lowest BCUT2D eigenvalue weighted by Crippen LogP contribution is -2.58. The first-order valence-electron chi connectivity index (χ1n) is 8.75. The fraction of sp³-hybridized carbons (Fsp3) is 0.400. The van der Waals surface area contributed by atoms with Gasteiger partial charge in [-0.3, -0.25) is 9.69 Å². The molecule has 0 radical (unpaired) electrons. The first-order chi connectivity index (χ1) is 12.5. The summed E-state index contributed by atoms with van der Waals surface area (Å²) in [5, 5.41) is 1.94. The van der Waals surface area contributed by atoms with Crippen molar-refractivity contribution < 1.29 is 14.3 Å². The maximum absolute atomic E-state index is 12.8. The lowest BCUT2D eigenvalue weighted by atomic mass is 10.1. The second kappa shape index (κ2) is 8.01. The summed E-state index contributed by atoms with van der Waals surface area (Å²) in [6.45, 7) is 6.68. The Morgan fingerprint density at radius 3 is 2.31 bits per heavy atom. The third-order valence-corrected chi connectivity index (χ3v) is 5.60. The molecule has 0 bridgehead atoms. The Labute approximate surface area is 158 Å². The molecule has 1 aliphatic rings. The predicted molar refractivity (Wildman–Crippen MR) is 102 cm³/mol. The smallest absolute Gasteiger partial charge is 0.337 e. The van der Waals surface area contributed by atoms with Crippen LogP contribution in [0.2, 0.25) is 0 Å². The Balaban J connectivity index is 1.64. The van der Waals surface area contributed by atoms with Gasteiger partial charge in [-0.2, -0.15) is 0 Å². The number of benzene rings is 1. The Kier molecular flexibility index (Phi) is 5.74. The summed E-state index contributed by atoms with van der Waals surface area (Å²) in [7, 11) is 1.38. The zero-order chi connectivity index (χ0) is 18.7. The molecule has 26 heavy (non-hydrogen) atoms. The van der Waals surface area contributed by atoms with Gasteiger partial charge in [-0.25, -0.2) is 4.79 Å². The number of hydrogen-bond donors (Lipinski definition) is 0. The molecule has 6 heteroatoms. The monoisotopic (exact) mass is 372 g/mol. The van der Waals surface area contributed by atoms with E-state index in [2.05, 4.69) is 18.7 Å². The molecule has 0 N–H and O–H groups in total. The van der Waals surface area contributed by atoms with Gasteiger partial charge in [0, 0.05) is 31.7 Å². The first kappa shape index (κ1) is 18.6. The van der Waals surface area contributed by atoms with Crippen molar-refractivity contribution in [2.24, 2.45) is 0 Å². The first-order valence-corrected chi connectivity index (χ1v) is 9.63. The van der Waals surface area contributed by atoms with Crippen LogP contribution in [0.4, 0.5) is 0 Å². The summed E-state index contributed by atoms with van der Waals surface area (Å²) < 4.78 is 4.73. The minimum absolute atomic E-state index is 0.127. The van der Waals surface area contributed by atoms with E-state index in [0.717, 1.165) is 30.1 Å². The summed E-state index contributed by atoms with van der Waals surface area (Å²) >= 11 is 1.50. The maximum atomic E-state index is 12.8. The van der Waals surface area contributed by atoms with Crippen molar-refractivity contribution in [3.05, 3.63) is 57.8 Å². The lowest BCUT2D eigenvalue weighted by Gasteiger charge is -2.44. The van der Waals surface area contributed by atoms with Gasteiger partial charge in [-0.1, -0.05) is 18.2 Å². The van der Waals surface area contributed by atoms with E-state index in [-0.39, 0.29) is 24.0 Å². The number of carbonyl (C=O) groups excluding carboxylic acids is 2. The largest absolute Gasteiger partial charge is 0.465 e. The van der Waals surface area contributed by atoms with Crippen molar-refractivity contribution in [3.8, 4) is 0 Å². The van der Waals surface area contributed by atoms with Crippen molar-refractivity contribution >= 4 is 23.2 Å². The van der Waals surface area contributed by atoms with Crippen LogP contribution < -0.4 is 0 Å². The number of methoxy groups -OCH3 is 1. The Hall–Kier alpha value is -2.18. The van der Waals surface area contributed by atoms with Gasteiger partial charge in [-0.15, -0.1) is 11.3 Å². The SMILES string of the molecule is COC(=O)c1ccc(CN2C[C@@H](C)N(C(=O)c3cccs3)[C@@H](C)C2)cc1. The van der Waals surface area contributed by atoms with Crippen LogP contribution in [0.15, 0.2) is 41.8 Å². The van der Waals surface area contributed by atoms with Gasteiger partial charge in [0.1, 0.15) is 0 Å². The molecule has 2 aromatic rings.